The third kappa shape index (κ3) is 5.77. The standard InChI is InChI=1S/C27H31Cl2N3O2/c1-19-22(18-24(30-19)20-7-5-8-21(17-20)34-2)26(33)11-3-4-12-31-13-15-32(16-14-31)25-10-6-9-23(28)27(25)29/h5-10,17-18,30H,3-4,11-16H2,1-2H3. The number of carbonyl (C=O) groups is 1. The van der Waals surface area contributed by atoms with E-state index >= 15 is 0 Å². The molecule has 1 saturated heterocycles. The van der Waals surface area contributed by atoms with E-state index in [-0.39, 0.29) is 5.78 Å². The molecule has 0 aliphatic carbocycles. The third-order valence-electron chi connectivity index (χ3n) is 6.47. The van der Waals surface area contributed by atoms with Crippen molar-refractivity contribution in [2.75, 3.05) is 44.7 Å². The van der Waals surface area contributed by atoms with Gasteiger partial charge in [-0.3, -0.25) is 9.69 Å². The van der Waals surface area contributed by atoms with Gasteiger partial charge in [0.1, 0.15) is 5.75 Å². The lowest BCUT2D eigenvalue weighted by Crippen LogP contribution is -2.46. The monoisotopic (exact) mass is 499 g/mol. The van der Waals surface area contributed by atoms with E-state index in [9.17, 15) is 4.79 Å². The molecule has 1 aliphatic heterocycles. The Kier molecular flexibility index (Phi) is 8.19. The normalized spacial score (nSPS) is 14.4. The van der Waals surface area contributed by atoms with Crippen LogP contribution in [-0.4, -0.2) is 55.5 Å². The Morgan fingerprint density at radius 3 is 2.56 bits per heavy atom. The number of nitrogens with one attached hydrogen (secondary N) is 1. The molecule has 7 heteroatoms. The van der Waals surface area contributed by atoms with E-state index in [2.05, 4.69) is 14.8 Å². The third-order valence-corrected chi connectivity index (χ3v) is 7.28. The Bertz CT molecular complexity index is 1140. The Hall–Kier alpha value is -2.47. The number of aromatic amines is 1. The van der Waals surface area contributed by atoms with Crippen molar-refractivity contribution in [3.63, 3.8) is 0 Å². The van der Waals surface area contributed by atoms with Crippen molar-refractivity contribution in [3.8, 4) is 17.0 Å². The molecule has 1 aromatic heterocycles. The maximum atomic E-state index is 12.9. The van der Waals surface area contributed by atoms with Crippen molar-refractivity contribution < 1.29 is 9.53 Å². The highest BCUT2D eigenvalue weighted by Gasteiger charge is 2.20. The molecule has 2 heterocycles. The fraction of sp³-hybridized carbons (Fsp3) is 0.370. The molecule has 0 spiro atoms. The Balaban J connectivity index is 1.23. The number of anilines is 1. The second-order valence-corrected chi connectivity index (χ2v) is 9.52. The van der Waals surface area contributed by atoms with Crippen molar-refractivity contribution in [2.45, 2.75) is 26.2 Å². The second kappa shape index (κ2) is 11.3. The molecule has 2 aromatic carbocycles. The SMILES string of the molecule is COc1cccc(-c2cc(C(=O)CCCCN3CCN(c4cccc(Cl)c4Cl)CC3)c(C)[nH]2)c1. The molecule has 0 bridgehead atoms. The largest absolute Gasteiger partial charge is 0.497 e. The molecule has 0 radical (unpaired) electrons. The summed E-state index contributed by atoms with van der Waals surface area (Å²) in [6, 6.07) is 15.6. The summed E-state index contributed by atoms with van der Waals surface area (Å²) in [7, 11) is 1.66. The maximum absolute atomic E-state index is 12.9. The minimum Gasteiger partial charge on any atom is -0.497 e. The first kappa shape index (κ1) is 24.6. The predicted octanol–water partition coefficient (Wildman–Crippen LogP) is 6.48. The van der Waals surface area contributed by atoms with E-state index in [1.807, 2.05) is 55.5 Å². The van der Waals surface area contributed by atoms with Gasteiger partial charge in [-0.15, -0.1) is 0 Å². The van der Waals surface area contributed by atoms with E-state index in [4.69, 9.17) is 27.9 Å². The van der Waals surface area contributed by atoms with Crippen molar-refractivity contribution >= 4 is 34.7 Å². The van der Waals surface area contributed by atoms with Crippen LogP contribution in [-0.2, 0) is 0 Å². The van der Waals surface area contributed by atoms with Gasteiger partial charge >= 0.3 is 0 Å². The van der Waals surface area contributed by atoms with Crippen molar-refractivity contribution in [2.24, 2.45) is 0 Å². The molecule has 1 fully saturated rings. The minimum atomic E-state index is 0.198. The molecule has 3 aromatic rings. The zero-order chi connectivity index (χ0) is 24.1. The molecule has 0 saturated carbocycles. The molecule has 5 nitrogen and oxygen atoms in total. The summed E-state index contributed by atoms with van der Waals surface area (Å²) in [6.45, 7) is 6.78. The number of carbonyl (C=O) groups excluding carboxylic acids is 1. The van der Waals surface area contributed by atoms with Gasteiger partial charge in [0.2, 0.25) is 0 Å². The molecule has 4 rings (SSSR count). The topological polar surface area (TPSA) is 48.6 Å². The highest BCUT2D eigenvalue weighted by atomic mass is 35.5. The lowest BCUT2D eigenvalue weighted by atomic mass is 10.0. The number of H-pyrrole nitrogens is 1. The summed E-state index contributed by atoms with van der Waals surface area (Å²) in [5, 5.41) is 1.23. The fourth-order valence-electron chi connectivity index (χ4n) is 4.50. The van der Waals surface area contributed by atoms with Crippen LogP contribution < -0.4 is 9.64 Å². The number of rotatable bonds is 9. The minimum absolute atomic E-state index is 0.198. The Morgan fingerprint density at radius 2 is 1.79 bits per heavy atom. The number of piperazine rings is 1. The number of methoxy groups -OCH3 is 1. The molecule has 180 valence electrons. The summed E-state index contributed by atoms with van der Waals surface area (Å²) >= 11 is 12.5. The number of ketones is 1. The summed E-state index contributed by atoms with van der Waals surface area (Å²) in [6.07, 6.45) is 2.46. The number of hydrogen-bond acceptors (Lipinski definition) is 4. The maximum Gasteiger partial charge on any atom is 0.164 e. The first-order chi connectivity index (χ1) is 16.5. The number of hydrogen-bond donors (Lipinski definition) is 1. The first-order valence-corrected chi connectivity index (χ1v) is 12.5. The lowest BCUT2D eigenvalue weighted by Gasteiger charge is -2.36. The lowest BCUT2D eigenvalue weighted by molar-refractivity contribution is 0.0977. The highest BCUT2D eigenvalue weighted by molar-refractivity contribution is 6.43. The van der Waals surface area contributed by atoms with Crippen LogP contribution in [0.2, 0.25) is 10.0 Å². The molecule has 0 amide bonds. The van der Waals surface area contributed by atoms with Crippen LogP contribution in [0.4, 0.5) is 5.69 Å². The number of nitrogens with zero attached hydrogens (tertiary/aromatic N) is 2. The summed E-state index contributed by atoms with van der Waals surface area (Å²) in [4.78, 5) is 21.0. The molecule has 34 heavy (non-hydrogen) atoms. The number of aromatic nitrogens is 1. The Morgan fingerprint density at radius 1 is 1.03 bits per heavy atom. The average Bonchev–Trinajstić information content (AvgIpc) is 3.25. The second-order valence-electron chi connectivity index (χ2n) is 8.74. The van der Waals surface area contributed by atoms with E-state index in [1.54, 1.807) is 7.11 Å². The van der Waals surface area contributed by atoms with Gasteiger partial charge in [0.15, 0.2) is 5.78 Å². The molecule has 0 unspecified atom stereocenters. The zero-order valence-electron chi connectivity index (χ0n) is 19.7. The number of halogens is 2. The van der Waals surface area contributed by atoms with E-state index in [0.29, 0.717) is 16.5 Å². The van der Waals surface area contributed by atoms with Crippen LogP contribution >= 0.6 is 23.2 Å². The first-order valence-electron chi connectivity index (χ1n) is 11.7. The molecule has 0 atom stereocenters. The number of benzene rings is 2. The number of unbranched alkanes of at least 4 members (excludes halogenated alkanes) is 1. The van der Waals surface area contributed by atoms with Gasteiger partial charge in [0.05, 0.1) is 22.8 Å². The highest BCUT2D eigenvalue weighted by Crippen LogP contribution is 2.33. The molecule has 1 aliphatic rings. The smallest absolute Gasteiger partial charge is 0.164 e. The molecular weight excluding hydrogens is 469 g/mol. The quantitative estimate of drug-likeness (QED) is 0.270. The van der Waals surface area contributed by atoms with Gasteiger partial charge in [-0.1, -0.05) is 41.4 Å². The van der Waals surface area contributed by atoms with Gasteiger partial charge in [0, 0.05) is 55.1 Å². The zero-order valence-corrected chi connectivity index (χ0v) is 21.3. The van der Waals surface area contributed by atoms with Crippen LogP contribution in [0.1, 0.15) is 35.3 Å². The van der Waals surface area contributed by atoms with E-state index in [1.165, 1.54) is 0 Å². The van der Waals surface area contributed by atoms with Crippen molar-refractivity contribution in [1.29, 1.82) is 0 Å². The van der Waals surface area contributed by atoms with Gasteiger partial charge in [-0.05, 0) is 56.6 Å². The van der Waals surface area contributed by atoms with Crippen LogP contribution in [0, 0.1) is 6.92 Å². The summed E-state index contributed by atoms with van der Waals surface area (Å²) < 4.78 is 5.32. The van der Waals surface area contributed by atoms with Gasteiger partial charge in [0.25, 0.3) is 0 Å². The van der Waals surface area contributed by atoms with Crippen molar-refractivity contribution in [3.05, 3.63) is 69.8 Å². The summed E-state index contributed by atoms with van der Waals surface area (Å²) in [5.41, 5.74) is 4.66. The van der Waals surface area contributed by atoms with Gasteiger partial charge in [-0.25, -0.2) is 0 Å². The number of aryl methyl sites for hydroxylation is 1. The van der Waals surface area contributed by atoms with E-state index in [0.717, 1.165) is 79.5 Å². The summed E-state index contributed by atoms with van der Waals surface area (Å²) in [5.74, 6) is 0.998. The number of ether oxygens (including phenoxy) is 1. The van der Waals surface area contributed by atoms with Crippen LogP contribution in [0.15, 0.2) is 48.5 Å². The van der Waals surface area contributed by atoms with Gasteiger partial charge < -0.3 is 14.6 Å². The average molecular weight is 500 g/mol. The van der Waals surface area contributed by atoms with Crippen LogP contribution in [0.25, 0.3) is 11.3 Å². The van der Waals surface area contributed by atoms with Crippen LogP contribution in [0.3, 0.4) is 0 Å². The van der Waals surface area contributed by atoms with Crippen LogP contribution in [0.5, 0.6) is 5.75 Å². The number of Topliss-reactive ketones (excluding diaryl/α,β-unsaturated/α-hetero) is 1. The molecular formula is C27H31Cl2N3O2. The van der Waals surface area contributed by atoms with Gasteiger partial charge in [-0.2, -0.15) is 0 Å². The van der Waals surface area contributed by atoms with E-state index < -0.39 is 0 Å². The van der Waals surface area contributed by atoms with Crippen molar-refractivity contribution in [1.82, 2.24) is 9.88 Å². The predicted molar refractivity (Wildman–Crippen MR) is 141 cm³/mol. The fourth-order valence-corrected chi connectivity index (χ4v) is 4.91. The Labute approximate surface area is 211 Å². The molecule has 1 N–H and O–H groups in total.